The van der Waals surface area contributed by atoms with Gasteiger partial charge in [-0.2, -0.15) is 5.26 Å². The Balaban J connectivity index is 1.80. The first kappa shape index (κ1) is 19.0. The van der Waals surface area contributed by atoms with Gasteiger partial charge in [0.15, 0.2) is 0 Å². The Labute approximate surface area is 167 Å². The van der Waals surface area contributed by atoms with Gasteiger partial charge in [-0.1, -0.05) is 43.0 Å². The van der Waals surface area contributed by atoms with Gasteiger partial charge >= 0.3 is 0 Å². The second-order valence-corrected chi connectivity index (χ2v) is 7.85. The molecule has 3 aromatic rings. The summed E-state index contributed by atoms with van der Waals surface area (Å²) in [5.41, 5.74) is 1.80. The van der Waals surface area contributed by atoms with Gasteiger partial charge in [-0.25, -0.2) is 4.98 Å². The summed E-state index contributed by atoms with van der Waals surface area (Å²) < 4.78 is 0. The molecule has 0 spiro atoms. The lowest BCUT2D eigenvalue weighted by Crippen LogP contribution is -2.13. The third-order valence-corrected chi connectivity index (χ3v) is 5.62. The van der Waals surface area contributed by atoms with Crippen molar-refractivity contribution >= 4 is 35.1 Å². The highest BCUT2D eigenvalue weighted by Gasteiger charge is 2.14. The molecule has 27 heavy (non-hydrogen) atoms. The fourth-order valence-electron chi connectivity index (χ4n) is 2.40. The predicted molar refractivity (Wildman–Crippen MR) is 110 cm³/mol. The number of thioether (sulfide) groups is 1. The Morgan fingerprint density at radius 3 is 2.52 bits per heavy atom. The maximum absolute atomic E-state index is 12.8. The Morgan fingerprint density at radius 2 is 1.81 bits per heavy atom. The van der Waals surface area contributed by atoms with E-state index in [9.17, 15) is 10.1 Å². The number of pyridine rings is 1. The van der Waals surface area contributed by atoms with Crippen molar-refractivity contribution in [2.24, 2.45) is 0 Å². The third kappa shape index (κ3) is 4.91. The molecule has 0 unspecified atom stereocenters. The van der Waals surface area contributed by atoms with Crippen LogP contribution in [-0.4, -0.2) is 16.6 Å². The number of benzene rings is 2. The fourth-order valence-corrected chi connectivity index (χ4v) is 4.01. The number of nitrogens with one attached hydrogen (secondary N) is 1. The van der Waals surface area contributed by atoms with E-state index in [0.717, 1.165) is 20.6 Å². The Morgan fingerprint density at radius 1 is 1.07 bits per heavy atom. The van der Waals surface area contributed by atoms with Gasteiger partial charge in [0.05, 0.1) is 28.0 Å². The number of nitriles is 1. The number of nitrogens with zero attached hydrogens (tertiary/aromatic N) is 2. The van der Waals surface area contributed by atoms with Gasteiger partial charge in [-0.05, 0) is 42.2 Å². The lowest BCUT2D eigenvalue weighted by molar-refractivity contribution is 0.102. The average molecular weight is 392 g/mol. The van der Waals surface area contributed by atoms with E-state index in [2.05, 4.69) is 23.3 Å². The maximum Gasteiger partial charge on any atom is 0.256 e. The molecule has 0 bridgehead atoms. The van der Waals surface area contributed by atoms with Crippen LogP contribution in [0.4, 0.5) is 5.69 Å². The summed E-state index contributed by atoms with van der Waals surface area (Å²) in [4.78, 5) is 18.7. The van der Waals surface area contributed by atoms with Crippen molar-refractivity contribution in [1.29, 1.82) is 5.26 Å². The van der Waals surface area contributed by atoms with E-state index in [0.29, 0.717) is 16.8 Å². The van der Waals surface area contributed by atoms with Crippen LogP contribution in [0.1, 0.15) is 22.8 Å². The summed E-state index contributed by atoms with van der Waals surface area (Å²) in [7, 11) is 0. The van der Waals surface area contributed by atoms with Crippen molar-refractivity contribution in [2.45, 2.75) is 21.7 Å². The lowest BCUT2D eigenvalue weighted by Gasteiger charge is -2.11. The summed E-state index contributed by atoms with van der Waals surface area (Å²) in [5.74, 6) is 0.748. The van der Waals surface area contributed by atoms with Crippen LogP contribution in [0, 0.1) is 11.3 Å². The number of rotatable bonds is 6. The number of anilines is 1. The van der Waals surface area contributed by atoms with Crippen molar-refractivity contribution in [3.05, 3.63) is 78.0 Å². The van der Waals surface area contributed by atoms with Gasteiger partial charge < -0.3 is 5.32 Å². The zero-order chi connectivity index (χ0) is 19.1. The molecule has 0 aliphatic rings. The van der Waals surface area contributed by atoms with Gasteiger partial charge in [-0.3, -0.25) is 4.79 Å². The minimum absolute atomic E-state index is 0.203. The fraction of sp³-hybridized carbons (Fsp3) is 0.0952. The topological polar surface area (TPSA) is 65.8 Å². The molecule has 0 radical (unpaired) electrons. The normalized spacial score (nSPS) is 10.2. The molecule has 0 aliphatic carbocycles. The summed E-state index contributed by atoms with van der Waals surface area (Å²) in [6, 6.07) is 20.7. The first-order valence-corrected chi connectivity index (χ1v) is 10.2. The summed E-state index contributed by atoms with van der Waals surface area (Å²) in [6.07, 6.45) is 1.66. The lowest BCUT2D eigenvalue weighted by atomic mass is 10.2. The largest absolute Gasteiger partial charge is 0.321 e. The van der Waals surface area contributed by atoms with E-state index in [4.69, 9.17) is 0 Å². The maximum atomic E-state index is 12.8. The van der Waals surface area contributed by atoms with Crippen LogP contribution < -0.4 is 5.32 Å². The van der Waals surface area contributed by atoms with Crippen molar-refractivity contribution < 1.29 is 4.79 Å². The summed E-state index contributed by atoms with van der Waals surface area (Å²) in [5, 5.41) is 13.1. The highest BCUT2D eigenvalue weighted by Crippen LogP contribution is 2.33. The monoisotopic (exact) mass is 391 g/mol. The van der Waals surface area contributed by atoms with E-state index in [1.165, 1.54) is 11.8 Å². The molecule has 134 valence electrons. The van der Waals surface area contributed by atoms with E-state index in [-0.39, 0.29) is 5.91 Å². The molecule has 0 saturated carbocycles. The number of carbonyl (C=O) groups excluding carboxylic acids is 1. The van der Waals surface area contributed by atoms with Gasteiger partial charge in [0.25, 0.3) is 5.91 Å². The SMILES string of the molecule is CCSc1ccc(NC(=O)c2ccccc2Sc2ccccc2C#N)cn1. The van der Waals surface area contributed by atoms with Gasteiger partial charge in [0, 0.05) is 9.79 Å². The molecule has 0 atom stereocenters. The van der Waals surface area contributed by atoms with Gasteiger partial charge in [-0.15, -0.1) is 11.8 Å². The molecule has 0 saturated heterocycles. The van der Waals surface area contributed by atoms with Crippen molar-refractivity contribution in [1.82, 2.24) is 4.98 Å². The van der Waals surface area contributed by atoms with E-state index in [1.807, 2.05) is 48.5 Å². The molecule has 2 aromatic carbocycles. The molecular formula is C21H17N3OS2. The number of amides is 1. The molecular weight excluding hydrogens is 374 g/mol. The number of aromatic nitrogens is 1. The molecule has 0 aliphatic heterocycles. The molecule has 1 aromatic heterocycles. The van der Waals surface area contributed by atoms with Gasteiger partial charge in [0.2, 0.25) is 0 Å². The minimum atomic E-state index is -0.203. The number of carbonyl (C=O) groups is 1. The van der Waals surface area contributed by atoms with Crippen LogP contribution in [0.3, 0.4) is 0 Å². The second-order valence-electron chi connectivity index (χ2n) is 5.48. The van der Waals surface area contributed by atoms with Crippen LogP contribution in [0.2, 0.25) is 0 Å². The van der Waals surface area contributed by atoms with Crippen LogP contribution in [0.25, 0.3) is 0 Å². The van der Waals surface area contributed by atoms with Crippen molar-refractivity contribution in [3.63, 3.8) is 0 Å². The Hall–Kier alpha value is -2.75. The zero-order valence-electron chi connectivity index (χ0n) is 14.7. The highest BCUT2D eigenvalue weighted by molar-refractivity contribution is 7.99. The second kappa shape index (κ2) is 9.26. The summed E-state index contributed by atoms with van der Waals surface area (Å²) >= 11 is 3.06. The van der Waals surface area contributed by atoms with Crippen molar-refractivity contribution in [3.8, 4) is 6.07 Å². The molecule has 1 amide bonds. The zero-order valence-corrected chi connectivity index (χ0v) is 16.3. The quantitative estimate of drug-likeness (QED) is 0.565. The van der Waals surface area contributed by atoms with E-state index in [1.54, 1.807) is 30.1 Å². The summed E-state index contributed by atoms with van der Waals surface area (Å²) in [6.45, 7) is 2.07. The molecule has 4 nitrogen and oxygen atoms in total. The Kier molecular flexibility index (Phi) is 6.53. The molecule has 3 rings (SSSR count). The standard InChI is InChI=1S/C21H17N3OS2/c1-2-26-20-12-11-16(14-23-20)24-21(25)17-8-4-6-10-19(17)27-18-9-5-3-7-15(18)13-22/h3-12,14H,2H2,1H3,(H,24,25). The molecule has 0 fully saturated rings. The molecule has 1 heterocycles. The van der Waals surface area contributed by atoms with Crippen LogP contribution in [0.15, 0.2) is 81.7 Å². The van der Waals surface area contributed by atoms with Crippen LogP contribution in [-0.2, 0) is 0 Å². The van der Waals surface area contributed by atoms with Crippen LogP contribution >= 0.6 is 23.5 Å². The smallest absolute Gasteiger partial charge is 0.256 e. The first-order chi connectivity index (χ1) is 13.2. The van der Waals surface area contributed by atoms with E-state index < -0.39 is 0 Å². The van der Waals surface area contributed by atoms with E-state index >= 15 is 0 Å². The van der Waals surface area contributed by atoms with Crippen molar-refractivity contribution in [2.75, 3.05) is 11.1 Å². The first-order valence-electron chi connectivity index (χ1n) is 8.37. The van der Waals surface area contributed by atoms with Crippen LogP contribution in [0.5, 0.6) is 0 Å². The highest BCUT2D eigenvalue weighted by atomic mass is 32.2. The number of hydrogen-bond acceptors (Lipinski definition) is 5. The third-order valence-electron chi connectivity index (χ3n) is 3.65. The Bertz CT molecular complexity index is 981. The molecule has 1 N–H and O–H groups in total. The minimum Gasteiger partial charge on any atom is -0.321 e. The van der Waals surface area contributed by atoms with Gasteiger partial charge in [0.1, 0.15) is 6.07 Å². The average Bonchev–Trinajstić information content (AvgIpc) is 2.70. The number of hydrogen-bond donors (Lipinski definition) is 1. The molecule has 6 heteroatoms. The predicted octanol–water partition coefficient (Wildman–Crippen LogP) is 5.47.